The van der Waals surface area contributed by atoms with Gasteiger partial charge in [-0.3, -0.25) is 0 Å². The van der Waals surface area contributed by atoms with E-state index in [1.165, 1.54) is 27.8 Å². The first kappa shape index (κ1) is 14.3. The zero-order valence-corrected chi connectivity index (χ0v) is 13.5. The predicted octanol–water partition coefficient (Wildman–Crippen LogP) is 4.73. The van der Waals surface area contributed by atoms with Crippen molar-refractivity contribution >= 4 is 15.9 Å². The molecule has 1 unspecified atom stereocenters. The molecule has 0 heterocycles. The summed E-state index contributed by atoms with van der Waals surface area (Å²) >= 11 is 3.62. The van der Waals surface area contributed by atoms with Crippen LogP contribution in [0.15, 0.2) is 34.8 Å². The van der Waals surface area contributed by atoms with Crippen LogP contribution in [-0.4, -0.2) is 0 Å². The van der Waals surface area contributed by atoms with Crippen molar-refractivity contribution in [3.05, 3.63) is 68.2 Å². The maximum absolute atomic E-state index is 6.46. The van der Waals surface area contributed by atoms with Gasteiger partial charge in [-0.15, -0.1) is 0 Å². The van der Waals surface area contributed by atoms with Gasteiger partial charge in [-0.1, -0.05) is 40.2 Å². The zero-order valence-electron chi connectivity index (χ0n) is 11.9. The smallest absolute Gasteiger partial charge is 0.0565 e. The lowest BCUT2D eigenvalue weighted by atomic mass is 9.92. The lowest BCUT2D eigenvalue weighted by Gasteiger charge is -2.19. The molecule has 1 nitrogen and oxygen atoms in total. The molecule has 19 heavy (non-hydrogen) atoms. The number of aryl methyl sites for hydroxylation is 4. The van der Waals surface area contributed by atoms with E-state index in [9.17, 15) is 0 Å². The molecule has 0 saturated carbocycles. The van der Waals surface area contributed by atoms with Gasteiger partial charge in [0.2, 0.25) is 0 Å². The summed E-state index contributed by atoms with van der Waals surface area (Å²) in [7, 11) is 0. The first-order valence-electron chi connectivity index (χ1n) is 6.49. The second-order valence-corrected chi connectivity index (χ2v) is 6.15. The molecule has 2 aromatic rings. The first-order valence-corrected chi connectivity index (χ1v) is 7.29. The molecule has 0 saturated heterocycles. The third-order valence-electron chi connectivity index (χ3n) is 3.71. The van der Waals surface area contributed by atoms with Crippen molar-refractivity contribution in [3.8, 4) is 0 Å². The third kappa shape index (κ3) is 2.90. The standard InChI is InChI=1S/C17H20BrN/c1-10-5-6-14(16(18)7-10)17(19)15-9-12(3)11(2)8-13(15)4/h5-9,17H,19H2,1-4H3. The predicted molar refractivity (Wildman–Crippen MR) is 85.6 cm³/mol. The van der Waals surface area contributed by atoms with Crippen LogP contribution in [0.3, 0.4) is 0 Å². The quantitative estimate of drug-likeness (QED) is 0.851. The fourth-order valence-corrected chi connectivity index (χ4v) is 3.11. The SMILES string of the molecule is Cc1ccc(C(N)c2cc(C)c(C)cc2C)c(Br)c1. The van der Waals surface area contributed by atoms with Gasteiger partial charge in [0.1, 0.15) is 0 Å². The number of hydrogen-bond acceptors (Lipinski definition) is 1. The highest BCUT2D eigenvalue weighted by atomic mass is 79.9. The second kappa shape index (κ2) is 5.48. The minimum Gasteiger partial charge on any atom is -0.320 e. The molecule has 1 atom stereocenters. The van der Waals surface area contributed by atoms with Crippen LogP contribution in [-0.2, 0) is 0 Å². The van der Waals surface area contributed by atoms with Crippen molar-refractivity contribution < 1.29 is 0 Å². The minimum absolute atomic E-state index is 0.0886. The second-order valence-electron chi connectivity index (χ2n) is 5.30. The van der Waals surface area contributed by atoms with E-state index in [-0.39, 0.29) is 6.04 Å². The molecule has 0 aliphatic heterocycles. The molecule has 2 heteroatoms. The Bertz CT molecular complexity index is 617. The van der Waals surface area contributed by atoms with Crippen LogP contribution in [0.4, 0.5) is 0 Å². The van der Waals surface area contributed by atoms with E-state index >= 15 is 0 Å². The van der Waals surface area contributed by atoms with Crippen LogP contribution in [0.25, 0.3) is 0 Å². The maximum atomic E-state index is 6.46. The molecule has 0 amide bonds. The Morgan fingerprint density at radius 1 is 0.842 bits per heavy atom. The third-order valence-corrected chi connectivity index (χ3v) is 4.40. The lowest BCUT2D eigenvalue weighted by molar-refractivity contribution is 0.852. The molecule has 0 aromatic heterocycles. The van der Waals surface area contributed by atoms with Gasteiger partial charge >= 0.3 is 0 Å². The molecule has 2 rings (SSSR count). The molecule has 2 N–H and O–H groups in total. The van der Waals surface area contributed by atoms with Crippen molar-refractivity contribution in [1.29, 1.82) is 0 Å². The van der Waals surface area contributed by atoms with Gasteiger partial charge in [0.15, 0.2) is 0 Å². The molecular weight excluding hydrogens is 298 g/mol. The van der Waals surface area contributed by atoms with Crippen LogP contribution in [0.1, 0.15) is 39.4 Å². The summed E-state index contributed by atoms with van der Waals surface area (Å²) in [5.74, 6) is 0. The Balaban J connectivity index is 2.49. The van der Waals surface area contributed by atoms with Gasteiger partial charge in [-0.25, -0.2) is 0 Å². The van der Waals surface area contributed by atoms with Gasteiger partial charge < -0.3 is 5.73 Å². The molecule has 0 bridgehead atoms. The normalized spacial score (nSPS) is 12.5. The van der Waals surface area contributed by atoms with Crippen molar-refractivity contribution in [3.63, 3.8) is 0 Å². The summed E-state index contributed by atoms with van der Waals surface area (Å²) < 4.78 is 1.08. The average Bonchev–Trinajstić information content (AvgIpc) is 2.33. The van der Waals surface area contributed by atoms with Crippen LogP contribution >= 0.6 is 15.9 Å². The number of hydrogen-bond donors (Lipinski definition) is 1. The molecule has 100 valence electrons. The Morgan fingerprint density at radius 3 is 2.11 bits per heavy atom. The molecule has 2 aromatic carbocycles. The van der Waals surface area contributed by atoms with Gasteiger partial charge in [0.05, 0.1) is 6.04 Å². The van der Waals surface area contributed by atoms with E-state index in [0.717, 1.165) is 10.0 Å². The van der Waals surface area contributed by atoms with Crippen LogP contribution in [0.2, 0.25) is 0 Å². The van der Waals surface area contributed by atoms with Gasteiger partial charge in [0.25, 0.3) is 0 Å². The van der Waals surface area contributed by atoms with E-state index in [1.54, 1.807) is 0 Å². The largest absolute Gasteiger partial charge is 0.320 e. The molecule has 0 aliphatic rings. The van der Waals surface area contributed by atoms with Crippen molar-refractivity contribution in [2.24, 2.45) is 5.73 Å². The Labute approximate surface area is 124 Å². The summed E-state index contributed by atoms with van der Waals surface area (Å²) in [5.41, 5.74) is 13.9. The highest BCUT2D eigenvalue weighted by Gasteiger charge is 2.15. The summed E-state index contributed by atoms with van der Waals surface area (Å²) in [5, 5.41) is 0. The molecular formula is C17H20BrN. The van der Waals surface area contributed by atoms with E-state index in [1.807, 2.05) is 0 Å². The van der Waals surface area contributed by atoms with E-state index in [4.69, 9.17) is 5.73 Å². The highest BCUT2D eigenvalue weighted by molar-refractivity contribution is 9.10. The molecule has 0 radical (unpaired) electrons. The Morgan fingerprint density at radius 2 is 1.47 bits per heavy atom. The van der Waals surface area contributed by atoms with Crippen LogP contribution in [0.5, 0.6) is 0 Å². The number of halogens is 1. The van der Waals surface area contributed by atoms with E-state index in [0.29, 0.717) is 0 Å². The summed E-state index contributed by atoms with van der Waals surface area (Å²) in [6, 6.07) is 10.7. The van der Waals surface area contributed by atoms with E-state index < -0.39 is 0 Å². The monoisotopic (exact) mass is 317 g/mol. The number of benzene rings is 2. The highest BCUT2D eigenvalue weighted by Crippen LogP contribution is 2.30. The van der Waals surface area contributed by atoms with Crippen molar-refractivity contribution in [2.75, 3.05) is 0 Å². The molecule has 0 aliphatic carbocycles. The van der Waals surface area contributed by atoms with Crippen molar-refractivity contribution in [1.82, 2.24) is 0 Å². The number of nitrogens with two attached hydrogens (primary N) is 1. The lowest BCUT2D eigenvalue weighted by Crippen LogP contribution is -2.14. The summed E-state index contributed by atoms with van der Waals surface area (Å²) in [4.78, 5) is 0. The average molecular weight is 318 g/mol. The molecule has 0 fully saturated rings. The summed E-state index contributed by atoms with van der Waals surface area (Å²) in [6.45, 7) is 8.49. The Hall–Kier alpha value is -1.12. The van der Waals surface area contributed by atoms with Crippen LogP contribution < -0.4 is 5.73 Å². The van der Waals surface area contributed by atoms with E-state index in [2.05, 4.69) is 74.0 Å². The van der Waals surface area contributed by atoms with Crippen LogP contribution in [0, 0.1) is 27.7 Å². The number of rotatable bonds is 2. The van der Waals surface area contributed by atoms with Crippen molar-refractivity contribution in [2.45, 2.75) is 33.7 Å². The zero-order chi connectivity index (χ0) is 14.2. The molecule has 0 spiro atoms. The van der Waals surface area contributed by atoms with Gasteiger partial charge in [0, 0.05) is 4.47 Å². The maximum Gasteiger partial charge on any atom is 0.0565 e. The topological polar surface area (TPSA) is 26.0 Å². The van der Waals surface area contributed by atoms with Gasteiger partial charge in [-0.2, -0.15) is 0 Å². The minimum atomic E-state index is -0.0886. The Kier molecular flexibility index (Phi) is 4.12. The first-order chi connectivity index (χ1) is 8.90. The summed E-state index contributed by atoms with van der Waals surface area (Å²) in [6.07, 6.45) is 0. The van der Waals surface area contributed by atoms with Gasteiger partial charge in [-0.05, 0) is 67.1 Å². The fourth-order valence-electron chi connectivity index (χ4n) is 2.37. The fraction of sp³-hybridized carbons (Fsp3) is 0.294.